The van der Waals surface area contributed by atoms with E-state index >= 15 is 0 Å². The van der Waals surface area contributed by atoms with E-state index in [1.165, 1.54) is 25.7 Å². The molecule has 0 aromatic rings. The first-order valence-electron chi connectivity index (χ1n) is 5.45. The second-order valence-electron chi connectivity index (χ2n) is 4.99. The van der Waals surface area contributed by atoms with Gasteiger partial charge in [0.15, 0.2) is 0 Å². The molecule has 0 heteroatoms. The highest BCUT2D eigenvalue weighted by Gasteiger charge is 2.42. The van der Waals surface area contributed by atoms with Crippen LogP contribution in [0.3, 0.4) is 0 Å². The summed E-state index contributed by atoms with van der Waals surface area (Å²) in [7, 11) is 0. The minimum absolute atomic E-state index is 0.524. The smallest absolute Gasteiger partial charge is 0.0315 e. The Labute approximate surface area is 76.7 Å². The highest BCUT2D eigenvalue weighted by molar-refractivity contribution is 4.93. The Bertz CT molecular complexity index is 161. The van der Waals surface area contributed by atoms with Crippen LogP contribution < -0.4 is 0 Å². The first kappa shape index (κ1) is 8.59. The van der Waals surface area contributed by atoms with Gasteiger partial charge in [-0.15, -0.1) is 0 Å². The summed E-state index contributed by atoms with van der Waals surface area (Å²) in [4.78, 5) is 0. The van der Waals surface area contributed by atoms with Crippen LogP contribution in [0.4, 0.5) is 0 Å². The Kier molecular flexibility index (Phi) is 2.18. The van der Waals surface area contributed by atoms with E-state index in [1.54, 1.807) is 0 Å². The lowest BCUT2D eigenvalue weighted by Gasteiger charge is -2.33. The third kappa shape index (κ3) is 1.20. The zero-order valence-electron chi connectivity index (χ0n) is 8.29. The number of hydrogen-bond donors (Lipinski definition) is 0. The molecule has 3 unspecified atom stereocenters. The Hall–Kier alpha value is 0. The fourth-order valence-corrected chi connectivity index (χ4v) is 3.40. The summed E-state index contributed by atoms with van der Waals surface area (Å²) < 4.78 is 0. The van der Waals surface area contributed by atoms with Crippen LogP contribution in [0, 0.1) is 36.5 Å². The van der Waals surface area contributed by atoms with E-state index in [9.17, 15) is 0 Å². The van der Waals surface area contributed by atoms with Gasteiger partial charge in [-0.1, -0.05) is 20.3 Å². The van der Waals surface area contributed by atoms with Crippen LogP contribution in [0.5, 0.6) is 0 Å². The second-order valence-corrected chi connectivity index (χ2v) is 4.99. The highest BCUT2D eigenvalue weighted by Crippen LogP contribution is 2.50. The lowest BCUT2D eigenvalue weighted by molar-refractivity contribution is 0.186. The third-order valence-corrected chi connectivity index (χ3v) is 4.39. The van der Waals surface area contributed by atoms with E-state index in [0.717, 1.165) is 23.7 Å². The topological polar surface area (TPSA) is 0 Å². The molecule has 0 nitrogen and oxygen atoms in total. The highest BCUT2D eigenvalue weighted by atomic mass is 14.5. The largest absolute Gasteiger partial charge is 0.0622 e. The molecule has 12 heavy (non-hydrogen) atoms. The number of hydrogen-bond acceptors (Lipinski definition) is 0. The molecule has 2 saturated carbocycles. The zero-order chi connectivity index (χ0) is 8.72. The van der Waals surface area contributed by atoms with Crippen molar-refractivity contribution in [1.82, 2.24) is 0 Å². The summed E-state index contributed by atoms with van der Waals surface area (Å²) in [6, 6.07) is 0. The molecule has 0 bridgehead atoms. The summed E-state index contributed by atoms with van der Waals surface area (Å²) in [5, 5.41) is 0. The standard InChI is InChI=1S/C12H20/c1-8-5-4-6-11-10(3)9(2)7-12(8)11/h1,8-12H,4-7H2,2-3H3/t8?,9?,10?,11-,12-/m1/s1. The molecule has 2 rings (SSSR count). The Morgan fingerprint density at radius 3 is 2.50 bits per heavy atom. The van der Waals surface area contributed by atoms with Gasteiger partial charge in [-0.05, 0) is 55.8 Å². The molecule has 5 atom stereocenters. The first-order valence-corrected chi connectivity index (χ1v) is 5.45. The van der Waals surface area contributed by atoms with Gasteiger partial charge in [0.05, 0.1) is 0 Å². The molecule has 0 saturated heterocycles. The van der Waals surface area contributed by atoms with E-state index in [-0.39, 0.29) is 0 Å². The molecule has 0 amide bonds. The maximum Gasteiger partial charge on any atom is -0.0315 e. The quantitative estimate of drug-likeness (QED) is 0.514. The van der Waals surface area contributed by atoms with Crippen LogP contribution in [-0.4, -0.2) is 0 Å². The van der Waals surface area contributed by atoms with Crippen molar-refractivity contribution in [3.8, 4) is 0 Å². The summed E-state index contributed by atoms with van der Waals surface area (Å²) in [5.74, 6) is 4.20. The summed E-state index contributed by atoms with van der Waals surface area (Å²) in [6.45, 7) is 11.0. The summed E-state index contributed by atoms with van der Waals surface area (Å²) >= 11 is 0. The van der Waals surface area contributed by atoms with Gasteiger partial charge in [0, 0.05) is 0 Å². The molecule has 2 fully saturated rings. The van der Waals surface area contributed by atoms with Crippen molar-refractivity contribution in [2.45, 2.75) is 39.5 Å². The molecular weight excluding hydrogens is 144 g/mol. The van der Waals surface area contributed by atoms with E-state index in [4.69, 9.17) is 6.92 Å². The van der Waals surface area contributed by atoms with Crippen molar-refractivity contribution >= 4 is 0 Å². The number of rotatable bonds is 0. The average Bonchev–Trinajstić information content (AvgIpc) is 2.32. The first-order chi connectivity index (χ1) is 5.70. The predicted molar refractivity (Wildman–Crippen MR) is 51.6 cm³/mol. The molecule has 68 valence electrons. The second kappa shape index (κ2) is 3.05. The van der Waals surface area contributed by atoms with E-state index < -0.39 is 0 Å². The fourth-order valence-electron chi connectivity index (χ4n) is 3.40. The molecular formula is C12H20. The van der Waals surface area contributed by atoms with Crippen LogP contribution >= 0.6 is 0 Å². The number of fused-ring (bicyclic) bond motifs is 1. The molecule has 2 aliphatic rings. The fraction of sp³-hybridized carbons (Fsp3) is 0.917. The lowest BCUT2D eigenvalue weighted by Crippen LogP contribution is -2.24. The van der Waals surface area contributed by atoms with Gasteiger partial charge in [-0.3, -0.25) is 0 Å². The predicted octanol–water partition coefficient (Wildman–Crippen LogP) is 3.41. The van der Waals surface area contributed by atoms with Crippen molar-refractivity contribution in [2.24, 2.45) is 29.6 Å². The van der Waals surface area contributed by atoms with Gasteiger partial charge in [0.2, 0.25) is 0 Å². The minimum atomic E-state index is 0.524. The normalized spacial score (nSPS) is 53.8. The third-order valence-electron chi connectivity index (χ3n) is 4.39. The molecule has 2 radical (unpaired) electrons. The van der Waals surface area contributed by atoms with E-state index in [2.05, 4.69) is 13.8 Å². The van der Waals surface area contributed by atoms with Gasteiger partial charge in [0.1, 0.15) is 0 Å². The molecule has 0 aliphatic heterocycles. The van der Waals surface area contributed by atoms with Crippen LogP contribution in [0.15, 0.2) is 0 Å². The van der Waals surface area contributed by atoms with Gasteiger partial charge < -0.3 is 0 Å². The molecule has 0 spiro atoms. The van der Waals surface area contributed by atoms with Crippen molar-refractivity contribution in [3.63, 3.8) is 0 Å². The molecule has 2 aliphatic carbocycles. The SMILES string of the molecule is [CH]C1CCC[C@@H]2C(C)C(C)C[C@H]12. The van der Waals surface area contributed by atoms with E-state index in [1.807, 2.05) is 0 Å². The van der Waals surface area contributed by atoms with Crippen LogP contribution in [-0.2, 0) is 0 Å². The average molecular weight is 164 g/mol. The van der Waals surface area contributed by atoms with Crippen LogP contribution in [0.25, 0.3) is 0 Å². The van der Waals surface area contributed by atoms with Crippen molar-refractivity contribution in [3.05, 3.63) is 6.92 Å². The molecule has 0 aromatic carbocycles. The van der Waals surface area contributed by atoms with Crippen molar-refractivity contribution < 1.29 is 0 Å². The van der Waals surface area contributed by atoms with Gasteiger partial charge in [-0.2, -0.15) is 0 Å². The van der Waals surface area contributed by atoms with Gasteiger partial charge in [-0.25, -0.2) is 0 Å². The van der Waals surface area contributed by atoms with Crippen LogP contribution in [0.1, 0.15) is 39.5 Å². The zero-order valence-corrected chi connectivity index (χ0v) is 8.29. The summed E-state index contributed by atoms with van der Waals surface area (Å²) in [5.41, 5.74) is 0. The summed E-state index contributed by atoms with van der Waals surface area (Å²) in [6.07, 6.45) is 5.50. The lowest BCUT2D eigenvalue weighted by atomic mass is 9.73. The van der Waals surface area contributed by atoms with Crippen molar-refractivity contribution in [2.75, 3.05) is 0 Å². The Morgan fingerprint density at radius 1 is 1.08 bits per heavy atom. The molecule has 0 aromatic heterocycles. The molecule has 0 N–H and O–H groups in total. The van der Waals surface area contributed by atoms with Crippen LogP contribution in [0.2, 0.25) is 0 Å². The van der Waals surface area contributed by atoms with E-state index in [0.29, 0.717) is 5.92 Å². The van der Waals surface area contributed by atoms with Gasteiger partial charge >= 0.3 is 0 Å². The minimum Gasteiger partial charge on any atom is -0.0622 e. The Morgan fingerprint density at radius 2 is 1.83 bits per heavy atom. The van der Waals surface area contributed by atoms with Crippen molar-refractivity contribution in [1.29, 1.82) is 0 Å². The monoisotopic (exact) mass is 164 g/mol. The Balaban J connectivity index is 2.10. The van der Waals surface area contributed by atoms with Gasteiger partial charge in [0.25, 0.3) is 0 Å². The molecule has 0 heterocycles. The maximum absolute atomic E-state index is 6.14. The maximum atomic E-state index is 6.14.